The third kappa shape index (κ3) is 6.43. The molecule has 0 radical (unpaired) electrons. The highest BCUT2D eigenvalue weighted by Gasteiger charge is 2.23. The Bertz CT molecular complexity index is 1020. The number of hydrogen-bond donors (Lipinski definition) is 0. The molecular formula is C24H32ClN3O5S. The molecule has 186 valence electrons. The Morgan fingerprint density at radius 2 is 1.50 bits per heavy atom. The highest BCUT2D eigenvalue weighted by Crippen LogP contribution is 2.40. The molecule has 0 bridgehead atoms. The smallest absolute Gasteiger partial charge is 0.266 e. The van der Waals surface area contributed by atoms with E-state index >= 15 is 0 Å². The molecule has 3 rings (SSSR count). The number of aromatic nitrogens is 1. The zero-order valence-corrected chi connectivity index (χ0v) is 21.8. The summed E-state index contributed by atoms with van der Waals surface area (Å²) in [7, 11) is 4.83. The molecule has 0 atom stereocenters. The Morgan fingerprint density at radius 1 is 0.882 bits per heavy atom. The Labute approximate surface area is 210 Å². The van der Waals surface area contributed by atoms with Crippen molar-refractivity contribution in [1.82, 2.24) is 9.88 Å². The van der Waals surface area contributed by atoms with Crippen LogP contribution in [0.3, 0.4) is 0 Å². The molecule has 10 heteroatoms. The van der Waals surface area contributed by atoms with E-state index in [0.717, 1.165) is 30.1 Å². The van der Waals surface area contributed by atoms with Crippen LogP contribution in [0.25, 0.3) is 10.2 Å². The van der Waals surface area contributed by atoms with Gasteiger partial charge in [-0.2, -0.15) is 0 Å². The molecule has 2 aromatic carbocycles. The fourth-order valence-electron chi connectivity index (χ4n) is 3.39. The number of halogens is 1. The van der Waals surface area contributed by atoms with Crippen LogP contribution in [0.1, 0.15) is 13.8 Å². The van der Waals surface area contributed by atoms with Crippen LogP contribution < -0.4 is 23.8 Å². The minimum absolute atomic E-state index is 0. The minimum Gasteiger partial charge on any atom is -0.497 e. The fourth-order valence-corrected chi connectivity index (χ4v) is 4.51. The molecular weight excluding hydrogens is 478 g/mol. The molecule has 0 saturated carbocycles. The van der Waals surface area contributed by atoms with Crippen molar-refractivity contribution in [3.8, 4) is 23.0 Å². The Morgan fingerprint density at radius 3 is 2.09 bits per heavy atom. The molecule has 0 fully saturated rings. The first-order chi connectivity index (χ1) is 16.0. The second-order valence-electron chi connectivity index (χ2n) is 7.18. The highest BCUT2D eigenvalue weighted by molar-refractivity contribution is 7.22. The van der Waals surface area contributed by atoms with Gasteiger partial charge in [0.05, 0.1) is 21.3 Å². The van der Waals surface area contributed by atoms with Gasteiger partial charge in [0.1, 0.15) is 33.2 Å². The highest BCUT2D eigenvalue weighted by atomic mass is 35.5. The summed E-state index contributed by atoms with van der Waals surface area (Å²) in [5, 5.41) is 0.586. The Balaban J connectivity index is 0.00000408. The van der Waals surface area contributed by atoms with Crippen molar-refractivity contribution in [2.45, 2.75) is 13.8 Å². The molecule has 0 aliphatic carbocycles. The number of anilines is 1. The summed E-state index contributed by atoms with van der Waals surface area (Å²) in [6.07, 6.45) is 0. The van der Waals surface area contributed by atoms with Crippen LogP contribution in [0.2, 0.25) is 0 Å². The number of methoxy groups -OCH3 is 3. The maximum absolute atomic E-state index is 13.3. The van der Waals surface area contributed by atoms with Crippen molar-refractivity contribution >= 4 is 45.0 Å². The zero-order valence-electron chi connectivity index (χ0n) is 20.2. The van der Waals surface area contributed by atoms with E-state index in [1.54, 1.807) is 50.5 Å². The van der Waals surface area contributed by atoms with Crippen LogP contribution >= 0.6 is 23.7 Å². The normalized spacial score (nSPS) is 10.6. The Hall–Kier alpha value is -2.75. The second kappa shape index (κ2) is 13.2. The zero-order chi connectivity index (χ0) is 23.8. The summed E-state index contributed by atoms with van der Waals surface area (Å²) < 4.78 is 22.8. The minimum atomic E-state index is -0.171. The number of fused-ring (bicyclic) bond motifs is 1. The van der Waals surface area contributed by atoms with Crippen LogP contribution in [0, 0.1) is 0 Å². The summed E-state index contributed by atoms with van der Waals surface area (Å²) in [6, 6.07) is 10.8. The van der Waals surface area contributed by atoms with E-state index in [-0.39, 0.29) is 24.9 Å². The maximum atomic E-state index is 13.3. The van der Waals surface area contributed by atoms with Gasteiger partial charge in [0, 0.05) is 13.1 Å². The van der Waals surface area contributed by atoms with E-state index in [1.807, 2.05) is 12.1 Å². The molecule has 0 spiro atoms. The number of ether oxygens (including phenoxy) is 4. The Kier molecular flexibility index (Phi) is 10.7. The molecule has 0 aliphatic rings. The molecule has 1 heterocycles. The third-order valence-electron chi connectivity index (χ3n) is 5.39. The lowest BCUT2D eigenvalue weighted by Crippen LogP contribution is -2.41. The van der Waals surface area contributed by atoms with Gasteiger partial charge in [-0.15, -0.1) is 12.4 Å². The van der Waals surface area contributed by atoms with Gasteiger partial charge in [-0.25, -0.2) is 4.98 Å². The van der Waals surface area contributed by atoms with Crippen LogP contribution in [-0.4, -0.2) is 69.9 Å². The first-order valence-corrected chi connectivity index (χ1v) is 11.7. The largest absolute Gasteiger partial charge is 0.497 e. The molecule has 0 saturated heterocycles. The number of carbonyl (C=O) groups is 1. The summed E-state index contributed by atoms with van der Waals surface area (Å²) in [6.45, 7) is 7.15. The SMILES string of the molecule is CCN(CC)CCN(C(=O)COc1ccc(OC)cc1)c1nc2c(OC)ccc(OC)c2s1.Cl. The molecule has 8 nitrogen and oxygen atoms in total. The lowest BCUT2D eigenvalue weighted by Gasteiger charge is -2.24. The number of benzene rings is 2. The van der Waals surface area contributed by atoms with Crippen LogP contribution in [0.5, 0.6) is 23.0 Å². The molecule has 1 amide bonds. The van der Waals surface area contributed by atoms with E-state index in [2.05, 4.69) is 18.7 Å². The van der Waals surface area contributed by atoms with Gasteiger partial charge in [0.25, 0.3) is 5.91 Å². The van der Waals surface area contributed by atoms with E-state index < -0.39 is 0 Å². The van der Waals surface area contributed by atoms with Crippen molar-refractivity contribution in [2.24, 2.45) is 0 Å². The second-order valence-corrected chi connectivity index (χ2v) is 8.16. The average Bonchev–Trinajstić information content (AvgIpc) is 3.30. The lowest BCUT2D eigenvalue weighted by atomic mass is 10.3. The molecule has 0 aliphatic heterocycles. The van der Waals surface area contributed by atoms with Gasteiger partial charge in [0.2, 0.25) is 0 Å². The van der Waals surface area contributed by atoms with Crippen molar-refractivity contribution in [2.75, 3.05) is 59.0 Å². The molecule has 34 heavy (non-hydrogen) atoms. The van der Waals surface area contributed by atoms with Crippen LogP contribution in [-0.2, 0) is 4.79 Å². The van der Waals surface area contributed by atoms with Crippen molar-refractivity contribution in [3.05, 3.63) is 36.4 Å². The summed E-state index contributed by atoms with van der Waals surface area (Å²) in [4.78, 5) is 22.0. The molecule has 3 aromatic rings. The van der Waals surface area contributed by atoms with Crippen molar-refractivity contribution in [3.63, 3.8) is 0 Å². The van der Waals surface area contributed by atoms with Gasteiger partial charge in [0.15, 0.2) is 11.7 Å². The number of nitrogens with zero attached hydrogens (tertiary/aromatic N) is 3. The maximum Gasteiger partial charge on any atom is 0.266 e. The van der Waals surface area contributed by atoms with E-state index in [4.69, 9.17) is 23.9 Å². The van der Waals surface area contributed by atoms with E-state index in [0.29, 0.717) is 34.4 Å². The van der Waals surface area contributed by atoms with Crippen molar-refractivity contribution < 1.29 is 23.7 Å². The van der Waals surface area contributed by atoms with Gasteiger partial charge in [-0.05, 0) is 49.5 Å². The van der Waals surface area contributed by atoms with Gasteiger partial charge >= 0.3 is 0 Å². The van der Waals surface area contributed by atoms with E-state index in [1.165, 1.54) is 11.3 Å². The lowest BCUT2D eigenvalue weighted by molar-refractivity contribution is -0.120. The predicted octanol–water partition coefficient (Wildman–Crippen LogP) is 4.50. The topological polar surface area (TPSA) is 73.4 Å². The van der Waals surface area contributed by atoms with Gasteiger partial charge in [-0.1, -0.05) is 25.2 Å². The first-order valence-electron chi connectivity index (χ1n) is 10.9. The number of hydrogen-bond acceptors (Lipinski definition) is 8. The van der Waals surface area contributed by atoms with Crippen molar-refractivity contribution in [1.29, 1.82) is 0 Å². The van der Waals surface area contributed by atoms with Gasteiger partial charge < -0.3 is 23.8 Å². The number of rotatable bonds is 12. The molecule has 1 aromatic heterocycles. The van der Waals surface area contributed by atoms with Crippen LogP contribution in [0.15, 0.2) is 36.4 Å². The number of carbonyl (C=O) groups excluding carboxylic acids is 1. The quantitative estimate of drug-likeness (QED) is 0.356. The standard InChI is InChI=1S/C24H31N3O5S.ClH/c1-6-26(7-2)14-15-27(21(28)16-32-18-10-8-17(29-3)9-11-18)24-25-22-19(30-4)12-13-20(31-5)23(22)33-24;/h8-13H,6-7,14-16H2,1-5H3;1H. The summed E-state index contributed by atoms with van der Waals surface area (Å²) in [5.74, 6) is 2.49. The first kappa shape index (κ1) is 27.5. The summed E-state index contributed by atoms with van der Waals surface area (Å²) in [5.41, 5.74) is 0.675. The number of likely N-dealkylation sites (N-methyl/N-ethyl adjacent to an activating group) is 1. The fraction of sp³-hybridized carbons (Fsp3) is 0.417. The molecule has 0 unspecified atom stereocenters. The average molecular weight is 510 g/mol. The molecule has 0 N–H and O–H groups in total. The monoisotopic (exact) mass is 509 g/mol. The van der Waals surface area contributed by atoms with E-state index in [9.17, 15) is 4.79 Å². The third-order valence-corrected chi connectivity index (χ3v) is 6.48. The number of amides is 1. The summed E-state index contributed by atoms with van der Waals surface area (Å²) >= 11 is 1.41. The predicted molar refractivity (Wildman–Crippen MR) is 139 cm³/mol. The van der Waals surface area contributed by atoms with Crippen LogP contribution in [0.4, 0.5) is 5.13 Å². The number of thiazole rings is 1. The van der Waals surface area contributed by atoms with Gasteiger partial charge in [-0.3, -0.25) is 9.69 Å².